The number of alkyl halides is 3. The average molecular weight is 341 g/mol. The molecule has 1 aliphatic rings. The molecule has 0 bridgehead atoms. The molecular weight excluding hydrogens is 327 g/mol. The Morgan fingerprint density at radius 1 is 1.33 bits per heavy atom. The second-order valence-corrected chi connectivity index (χ2v) is 5.71. The molecule has 1 aromatic carbocycles. The number of benzene rings is 1. The maximum atomic E-state index is 12.5. The lowest BCUT2D eigenvalue weighted by Crippen LogP contribution is -2.32. The lowest BCUT2D eigenvalue weighted by Gasteiger charge is -2.14. The molecule has 2 aromatic rings. The zero-order valence-corrected chi connectivity index (χ0v) is 12.7. The van der Waals surface area contributed by atoms with Crippen LogP contribution in [0.2, 0.25) is 0 Å². The summed E-state index contributed by atoms with van der Waals surface area (Å²) in [7, 11) is 1.38. The molecule has 0 atom stereocenters. The molecule has 0 spiro atoms. The predicted molar refractivity (Wildman–Crippen MR) is 75.3 cm³/mol. The number of hydrogen-bond acceptors (Lipinski definition) is 5. The number of aromatic nitrogens is 2. The number of hydroxylamine groups is 1. The molecule has 128 valence electrons. The van der Waals surface area contributed by atoms with Crippen molar-refractivity contribution in [2.75, 3.05) is 7.11 Å². The number of nitrogens with one attached hydrogen (secondary N) is 1. The number of nitrogens with zero attached hydrogens (tertiary/aromatic N) is 2. The largest absolute Gasteiger partial charge is 0.471 e. The van der Waals surface area contributed by atoms with E-state index in [0.717, 1.165) is 18.4 Å². The highest BCUT2D eigenvalue weighted by atomic mass is 19.4. The van der Waals surface area contributed by atoms with Crippen LogP contribution in [0.25, 0.3) is 11.4 Å². The summed E-state index contributed by atoms with van der Waals surface area (Å²) in [5, 5.41) is 3.34. The van der Waals surface area contributed by atoms with Crippen molar-refractivity contribution in [1.82, 2.24) is 15.6 Å². The molecule has 1 amide bonds. The molecule has 6 nitrogen and oxygen atoms in total. The van der Waals surface area contributed by atoms with Crippen molar-refractivity contribution in [3.8, 4) is 11.4 Å². The van der Waals surface area contributed by atoms with Gasteiger partial charge in [0.15, 0.2) is 0 Å². The van der Waals surface area contributed by atoms with Crippen molar-refractivity contribution < 1.29 is 27.3 Å². The third-order valence-corrected chi connectivity index (χ3v) is 3.95. The third kappa shape index (κ3) is 3.25. The second kappa shape index (κ2) is 5.90. The zero-order chi connectivity index (χ0) is 17.4. The summed E-state index contributed by atoms with van der Waals surface area (Å²) in [5.41, 5.74) is 3.18. The van der Waals surface area contributed by atoms with E-state index in [4.69, 9.17) is 0 Å². The number of amides is 1. The Labute approximate surface area is 134 Å². The van der Waals surface area contributed by atoms with E-state index in [0.29, 0.717) is 12.0 Å². The maximum absolute atomic E-state index is 12.5. The van der Waals surface area contributed by atoms with Crippen molar-refractivity contribution in [3.05, 3.63) is 35.7 Å². The summed E-state index contributed by atoms with van der Waals surface area (Å²) < 4.78 is 41.6. The van der Waals surface area contributed by atoms with Crippen LogP contribution in [0.1, 0.15) is 24.3 Å². The Morgan fingerprint density at radius 3 is 2.50 bits per heavy atom. The fourth-order valence-electron chi connectivity index (χ4n) is 2.45. The summed E-state index contributed by atoms with van der Waals surface area (Å²) in [4.78, 5) is 19.9. The van der Waals surface area contributed by atoms with Gasteiger partial charge in [0.2, 0.25) is 11.7 Å². The van der Waals surface area contributed by atoms with Crippen LogP contribution < -0.4 is 5.48 Å². The minimum atomic E-state index is -4.67. The van der Waals surface area contributed by atoms with Gasteiger partial charge < -0.3 is 4.52 Å². The summed E-state index contributed by atoms with van der Waals surface area (Å²) in [6, 6.07) is 6.67. The fraction of sp³-hybridized carbons (Fsp3) is 0.400. The highest BCUT2D eigenvalue weighted by Gasteiger charge is 2.49. The molecular formula is C15H14F3N3O3. The summed E-state index contributed by atoms with van der Waals surface area (Å²) in [5.74, 6) is -1.68. The lowest BCUT2D eigenvalue weighted by atomic mass is 9.95. The van der Waals surface area contributed by atoms with Crippen LogP contribution in [0, 0.1) is 5.41 Å². The molecule has 0 aliphatic heterocycles. The van der Waals surface area contributed by atoms with Gasteiger partial charge in [-0.3, -0.25) is 9.63 Å². The fourth-order valence-corrected chi connectivity index (χ4v) is 2.45. The number of rotatable bonds is 5. The van der Waals surface area contributed by atoms with Crippen molar-refractivity contribution in [3.63, 3.8) is 0 Å². The van der Waals surface area contributed by atoms with E-state index in [9.17, 15) is 18.0 Å². The van der Waals surface area contributed by atoms with E-state index >= 15 is 0 Å². The van der Waals surface area contributed by atoms with Crippen LogP contribution in [0.4, 0.5) is 13.2 Å². The van der Waals surface area contributed by atoms with Gasteiger partial charge in [0.05, 0.1) is 12.5 Å². The molecule has 24 heavy (non-hydrogen) atoms. The standard InChI is InChI=1S/C15H14F3N3O3/c1-23-21-12(22)14(6-7-14)8-9-2-4-10(5-3-9)11-19-13(24-20-11)15(16,17)18/h2-5H,6-8H2,1H3,(H,21,22). The van der Waals surface area contributed by atoms with E-state index < -0.39 is 17.5 Å². The molecule has 9 heteroatoms. The highest BCUT2D eigenvalue weighted by molar-refractivity contribution is 5.84. The van der Waals surface area contributed by atoms with Gasteiger partial charge in [-0.05, 0) is 24.8 Å². The Morgan fingerprint density at radius 2 is 2.00 bits per heavy atom. The van der Waals surface area contributed by atoms with E-state index in [1.807, 2.05) is 0 Å². The summed E-state index contributed by atoms with van der Waals surface area (Å²) in [6.07, 6.45) is -2.60. The average Bonchev–Trinajstić information content (AvgIpc) is 3.12. The van der Waals surface area contributed by atoms with E-state index in [1.54, 1.807) is 24.3 Å². The number of halogens is 3. The Hall–Kier alpha value is -2.42. The van der Waals surface area contributed by atoms with Crippen molar-refractivity contribution >= 4 is 5.91 Å². The first kappa shape index (κ1) is 16.4. The highest BCUT2D eigenvalue weighted by Crippen LogP contribution is 2.48. The molecule has 1 heterocycles. The van der Waals surface area contributed by atoms with Gasteiger partial charge >= 0.3 is 12.1 Å². The van der Waals surface area contributed by atoms with Gasteiger partial charge in [0, 0.05) is 5.56 Å². The lowest BCUT2D eigenvalue weighted by molar-refractivity contribution is -0.159. The Bertz CT molecular complexity index is 736. The molecule has 1 N–H and O–H groups in total. The quantitative estimate of drug-likeness (QED) is 0.846. The molecule has 1 saturated carbocycles. The first-order chi connectivity index (χ1) is 11.3. The topological polar surface area (TPSA) is 77.2 Å². The SMILES string of the molecule is CONC(=O)C1(Cc2ccc(-c3noc(C(F)(F)F)n3)cc2)CC1. The van der Waals surface area contributed by atoms with Crippen molar-refractivity contribution in [2.24, 2.45) is 5.41 Å². The normalized spacial score (nSPS) is 16.0. The van der Waals surface area contributed by atoms with Crippen LogP contribution in [0.3, 0.4) is 0 Å². The van der Waals surface area contributed by atoms with Gasteiger partial charge in [0.25, 0.3) is 0 Å². The molecule has 0 saturated heterocycles. The molecule has 0 radical (unpaired) electrons. The minimum absolute atomic E-state index is 0.132. The number of carbonyl (C=O) groups excluding carboxylic acids is 1. The Balaban J connectivity index is 1.72. The molecule has 1 aliphatic carbocycles. The van der Waals surface area contributed by atoms with E-state index in [2.05, 4.69) is 25.0 Å². The van der Waals surface area contributed by atoms with Gasteiger partial charge in [-0.1, -0.05) is 29.4 Å². The van der Waals surface area contributed by atoms with Gasteiger partial charge in [-0.2, -0.15) is 18.2 Å². The summed E-state index contributed by atoms with van der Waals surface area (Å²) >= 11 is 0. The number of carbonyl (C=O) groups is 1. The van der Waals surface area contributed by atoms with Crippen LogP contribution in [-0.4, -0.2) is 23.2 Å². The van der Waals surface area contributed by atoms with Crippen LogP contribution in [0.5, 0.6) is 0 Å². The molecule has 1 fully saturated rings. The van der Waals surface area contributed by atoms with E-state index in [-0.39, 0.29) is 11.7 Å². The predicted octanol–water partition coefficient (Wildman–Crippen LogP) is 2.76. The van der Waals surface area contributed by atoms with Gasteiger partial charge in [0.1, 0.15) is 0 Å². The molecule has 1 aromatic heterocycles. The van der Waals surface area contributed by atoms with E-state index in [1.165, 1.54) is 7.11 Å². The van der Waals surface area contributed by atoms with Crippen molar-refractivity contribution in [2.45, 2.75) is 25.4 Å². The van der Waals surface area contributed by atoms with Crippen LogP contribution in [0.15, 0.2) is 28.8 Å². The van der Waals surface area contributed by atoms with Crippen LogP contribution >= 0.6 is 0 Å². The van der Waals surface area contributed by atoms with Gasteiger partial charge in [-0.15, -0.1) is 0 Å². The minimum Gasteiger partial charge on any atom is -0.329 e. The smallest absolute Gasteiger partial charge is 0.329 e. The van der Waals surface area contributed by atoms with Crippen molar-refractivity contribution in [1.29, 1.82) is 0 Å². The van der Waals surface area contributed by atoms with Gasteiger partial charge in [-0.25, -0.2) is 5.48 Å². The summed E-state index contributed by atoms with van der Waals surface area (Å²) in [6.45, 7) is 0. The third-order valence-electron chi connectivity index (χ3n) is 3.95. The second-order valence-electron chi connectivity index (χ2n) is 5.71. The maximum Gasteiger partial charge on any atom is 0.471 e. The number of hydrogen-bond donors (Lipinski definition) is 1. The first-order valence-electron chi connectivity index (χ1n) is 7.18. The molecule has 0 unspecified atom stereocenters. The first-order valence-corrected chi connectivity index (χ1v) is 7.18. The van der Waals surface area contributed by atoms with Crippen LogP contribution in [-0.2, 0) is 22.2 Å². The zero-order valence-electron chi connectivity index (χ0n) is 12.7. The Kier molecular flexibility index (Phi) is 4.04. The molecule has 3 rings (SSSR count). The monoisotopic (exact) mass is 341 g/mol.